The summed E-state index contributed by atoms with van der Waals surface area (Å²) < 4.78 is 0. The van der Waals surface area contributed by atoms with Gasteiger partial charge in [-0.2, -0.15) is 0 Å². The van der Waals surface area contributed by atoms with Crippen molar-refractivity contribution in [3.8, 4) is 5.75 Å². The Hall–Kier alpha value is -1.03. The van der Waals surface area contributed by atoms with E-state index in [4.69, 9.17) is 0 Å². The number of carboxylic acids is 1. The number of phenolic OH excluding ortho intramolecular Hbond substituents is 1. The number of aryl methyl sites for hydroxylation is 1. The monoisotopic (exact) mass is 224 g/mol. The van der Waals surface area contributed by atoms with Gasteiger partial charge in [0, 0.05) is 5.56 Å². The molecule has 0 spiro atoms. The van der Waals surface area contributed by atoms with Crippen LogP contribution in [0.4, 0.5) is 0 Å². The molecule has 4 heteroatoms. The van der Waals surface area contributed by atoms with Gasteiger partial charge in [-0.1, -0.05) is 24.3 Å². The molecule has 0 unspecified atom stereocenters. The maximum atomic E-state index is 10.8. The number of fused-ring (bicyclic) bond motifs is 1. The van der Waals surface area contributed by atoms with Crippen molar-refractivity contribution in [1.29, 1.82) is 0 Å². The van der Waals surface area contributed by atoms with Crippen LogP contribution in [0.25, 0.3) is 10.8 Å². The van der Waals surface area contributed by atoms with Crippen molar-refractivity contribution in [3.05, 3.63) is 41.5 Å². The van der Waals surface area contributed by atoms with Gasteiger partial charge in [0.15, 0.2) is 0 Å². The van der Waals surface area contributed by atoms with Crippen LogP contribution < -0.4 is 34.7 Å². The Morgan fingerprint density at radius 3 is 2.50 bits per heavy atom. The number of rotatable bonds is 1. The third-order valence-corrected chi connectivity index (χ3v) is 2.52. The molecule has 2 rings (SSSR count). The zero-order valence-electron chi connectivity index (χ0n) is 9.15. The van der Waals surface area contributed by atoms with Gasteiger partial charge < -0.3 is 15.0 Å². The molecule has 2 aromatic rings. The number of carbonyl (C=O) groups is 1. The quantitative estimate of drug-likeness (QED) is 0.583. The molecule has 0 amide bonds. The summed E-state index contributed by atoms with van der Waals surface area (Å²) in [5.41, 5.74) is 0.825. The van der Waals surface area contributed by atoms with Crippen LogP contribution >= 0.6 is 0 Å². The zero-order chi connectivity index (χ0) is 11.0. The second-order valence-corrected chi connectivity index (χ2v) is 3.40. The molecule has 0 fully saturated rings. The first-order chi connectivity index (χ1) is 7.11. The topological polar surface area (TPSA) is 60.4 Å². The summed E-state index contributed by atoms with van der Waals surface area (Å²) in [6, 6.07) is 7.98. The van der Waals surface area contributed by atoms with Gasteiger partial charge in [0.05, 0.1) is 5.97 Å². The number of aromatic carboxylic acids is 1. The van der Waals surface area contributed by atoms with Crippen LogP contribution in [0, 0.1) is 6.92 Å². The van der Waals surface area contributed by atoms with Gasteiger partial charge in [-0.3, -0.25) is 0 Å². The summed E-state index contributed by atoms with van der Waals surface area (Å²) >= 11 is 0. The van der Waals surface area contributed by atoms with Gasteiger partial charge in [-0.15, -0.1) is 0 Å². The maximum Gasteiger partial charge on any atom is 1.00 e. The number of carbonyl (C=O) groups excluding carboxylic acids is 1. The van der Waals surface area contributed by atoms with Crippen LogP contribution in [0.1, 0.15) is 15.9 Å². The van der Waals surface area contributed by atoms with Crippen LogP contribution in [-0.4, -0.2) is 11.1 Å². The molecule has 16 heavy (non-hydrogen) atoms. The predicted molar refractivity (Wildman–Crippen MR) is 54.7 cm³/mol. The van der Waals surface area contributed by atoms with Crippen molar-refractivity contribution in [1.82, 2.24) is 0 Å². The molecule has 0 aromatic heterocycles. The number of benzene rings is 2. The standard InChI is InChI=1S/C12H10O3.Na/c1-7-8-3-2-4-10(12(14)15)9(8)5-6-11(7)13;/h2-6,13H,1H3,(H,14,15);/q;+1/p-1. The first kappa shape index (κ1) is 13.0. The molecule has 0 atom stereocenters. The van der Waals surface area contributed by atoms with Crippen molar-refractivity contribution >= 4 is 16.7 Å². The smallest absolute Gasteiger partial charge is 0.545 e. The molecule has 0 aliphatic carbocycles. The van der Waals surface area contributed by atoms with E-state index in [1.807, 2.05) is 0 Å². The number of phenols is 1. The Morgan fingerprint density at radius 2 is 1.88 bits per heavy atom. The molecule has 1 N–H and O–H groups in total. The fraction of sp³-hybridized carbons (Fsp3) is 0.0833. The molecule has 0 bridgehead atoms. The Morgan fingerprint density at radius 1 is 1.19 bits per heavy atom. The number of hydrogen-bond acceptors (Lipinski definition) is 3. The van der Waals surface area contributed by atoms with Crippen LogP contribution in [0.5, 0.6) is 5.75 Å². The van der Waals surface area contributed by atoms with Gasteiger partial charge in [0.1, 0.15) is 5.75 Å². The van der Waals surface area contributed by atoms with E-state index >= 15 is 0 Å². The van der Waals surface area contributed by atoms with Crippen LogP contribution in [0.3, 0.4) is 0 Å². The summed E-state index contributed by atoms with van der Waals surface area (Å²) in [5, 5.41) is 21.6. The van der Waals surface area contributed by atoms with E-state index in [2.05, 4.69) is 0 Å². The van der Waals surface area contributed by atoms with Crippen molar-refractivity contribution in [2.75, 3.05) is 0 Å². The molecular formula is C12H9NaO3. The van der Waals surface area contributed by atoms with E-state index in [9.17, 15) is 15.0 Å². The van der Waals surface area contributed by atoms with E-state index in [1.54, 1.807) is 25.1 Å². The summed E-state index contributed by atoms with van der Waals surface area (Å²) in [6.07, 6.45) is 0. The average Bonchev–Trinajstić information content (AvgIpc) is 2.23. The van der Waals surface area contributed by atoms with Crippen molar-refractivity contribution in [3.63, 3.8) is 0 Å². The van der Waals surface area contributed by atoms with Crippen LogP contribution in [0.2, 0.25) is 0 Å². The first-order valence-corrected chi connectivity index (χ1v) is 4.54. The van der Waals surface area contributed by atoms with Crippen molar-refractivity contribution in [2.45, 2.75) is 6.92 Å². The third-order valence-electron chi connectivity index (χ3n) is 2.52. The fourth-order valence-corrected chi connectivity index (χ4v) is 1.68. The van der Waals surface area contributed by atoms with E-state index < -0.39 is 5.97 Å². The Balaban J connectivity index is 0.00000128. The average molecular weight is 224 g/mol. The number of hydrogen-bond donors (Lipinski definition) is 1. The first-order valence-electron chi connectivity index (χ1n) is 4.54. The van der Waals surface area contributed by atoms with Crippen molar-refractivity contribution < 1.29 is 44.6 Å². The molecule has 76 valence electrons. The molecule has 0 radical (unpaired) electrons. The Bertz CT molecular complexity index is 549. The van der Waals surface area contributed by atoms with Gasteiger partial charge >= 0.3 is 29.6 Å². The zero-order valence-corrected chi connectivity index (χ0v) is 11.2. The summed E-state index contributed by atoms with van der Waals surface area (Å²) in [4.78, 5) is 10.8. The summed E-state index contributed by atoms with van der Waals surface area (Å²) in [5.74, 6) is -1.04. The second kappa shape index (κ2) is 4.87. The van der Waals surface area contributed by atoms with Crippen LogP contribution in [-0.2, 0) is 0 Å². The molecule has 0 heterocycles. The SMILES string of the molecule is Cc1c(O)ccc2c(C(=O)[O-])cccc12.[Na+]. The van der Waals surface area contributed by atoms with E-state index in [0.29, 0.717) is 10.9 Å². The fourth-order valence-electron chi connectivity index (χ4n) is 1.68. The third kappa shape index (κ3) is 2.07. The Kier molecular flexibility index (Phi) is 3.97. The second-order valence-electron chi connectivity index (χ2n) is 3.40. The largest absolute Gasteiger partial charge is 1.00 e. The van der Waals surface area contributed by atoms with Gasteiger partial charge in [0.2, 0.25) is 0 Å². The normalized spacial score (nSPS) is 9.81. The summed E-state index contributed by atoms with van der Waals surface area (Å²) in [6.45, 7) is 1.75. The molecule has 0 aliphatic rings. The minimum atomic E-state index is -1.20. The molecule has 0 saturated carbocycles. The van der Waals surface area contributed by atoms with E-state index in [1.165, 1.54) is 12.1 Å². The van der Waals surface area contributed by atoms with E-state index in [0.717, 1.165) is 5.39 Å². The maximum absolute atomic E-state index is 10.8. The summed E-state index contributed by atoms with van der Waals surface area (Å²) in [7, 11) is 0. The van der Waals surface area contributed by atoms with Crippen molar-refractivity contribution in [2.24, 2.45) is 0 Å². The minimum absolute atomic E-state index is 0. The van der Waals surface area contributed by atoms with Gasteiger partial charge in [0.25, 0.3) is 0 Å². The molecule has 0 saturated heterocycles. The Labute approximate surface area is 115 Å². The molecule has 3 nitrogen and oxygen atoms in total. The number of carboxylic acid groups (broad SMARTS) is 1. The van der Waals surface area contributed by atoms with Gasteiger partial charge in [-0.25, -0.2) is 0 Å². The molecule has 0 aliphatic heterocycles. The predicted octanol–water partition coefficient (Wildman–Crippen LogP) is -1.78. The molecule has 2 aromatic carbocycles. The minimum Gasteiger partial charge on any atom is -0.545 e. The van der Waals surface area contributed by atoms with Gasteiger partial charge in [-0.05, 0) is 29.3 Å². The molecular weight excluding hydrogens is 215 g/mol. The number of aromatic hydroxyl groups is 1. The van der Waals surface area contributed by atoms with E-state index in [-0.39, 0.29) is 40.9 Å². The van der Waals surface area contributed by atoms with Crippen LogP contribution in [0.15, 0.2) is 30.3 Å².